The molecule has 4 rings (SSSR count). The molecule has 2 aliphatic heterocycles. The number of hydrogen-bond acceptors (Lipinski definition) is 9. The number of aromatic amines is 1. The zero-order chi connectivity index (χ0) is 41.2. The minimum absolute atomic E-state index is 0. The molecule has 11 nitrogen and oxygen atoms in total. The van der Waals surface area contributed by atoms with E-state index >= 15 is 0 Å². The average Bonchev–Trinajstić information content (AvgIpc) is 3.75. The maximum absolute atomic E-state index is 13.0. The fourth-order valence-electron chi connectivity index (χ4n) is 3.43. The third kappa shape index (κ3) is 16.6. The van der Waals surface area contributed by atoms with Crippen molar-refractivity contribution >= 4 is 31.6 Å². The fraction of sp³-hybridized carbons (Fsp3) is 0.741. The number of alkyl halides is 11. The van der Waals surface area contributed by atoms with Gasteiger partial charge < -0.3 is 30.2 Å². The first kappa shape index (κ1) is 55.4. The third-order valence-electron chi connectivity index (χ3n) is 7.90. The van der Waals surface area contributed by atoms with Crippen molar-refractivity contribution in [3.8, 4) is 0 Å². The van der Waals surface area contributed by atoms with E-state index in [4.69, 9.17) is 30.0 Å². The van der Waals surface area contributed by atoms with Gasteiger partial charge in [-0.15, -0.1) is 0 Å². The van der Waals surface area contributed by atoms with Gasteiger partial charge in [-0.3, -0.25) is 19.0 Å². The Hall–Kier alpha value is 0.323. The first-order chi connectivity index (χ1) is 23.3. The molecule has 53 heavy (non-hydrogen) atoms. The Morgan fingerprint density at radius 3 is 1.45 bits per heavy atom. The predicted molar refractivity (Wildman–Crippen MR) is 160 cm³/mol. The van der Waals surface area contributed by atoms with Crippen LogP contribution in [0.25, 0.3) is 0 Å². The second-order valence-corrected chi connectivity index (χ2v) is 12.6. The minimum atomic E-state index is -5.62. The summed E-state index contributed by atoms with van der Waals surface area (Å²) >= 11 is 0. The van der Waals surface area contributed by atoms with Gasteiger partial charge in [0.05, 0.1) is 30.9 Å². The molecular weight excluding hydrogens is 801 g/mol. The summed E-state index contributed by atoms with van der Waals surface area (Å²) in [5.41, 5.74) is -0.629. The Kier molecular flexibility index (Phi) is 23.5. The summed E-state index contributed by atoms with van der Waals surface area (Å²) in [5.74, 6) is -9.38. The van der Waals surface area contributed by atoms with E-state index in [1.165, 1.54) is 0 Å². The molecule has 26 heteroatoms. The van der Waals surface area contributed by atoms with Gasteiger partial charge in [-0.25, -0.2) is 0 Å². The van der Waals surface area contributed by atoms with Crippen molar-refractivity contribution in [2.75, 3.05) is 7.15 Å². The Labute approximate surface area is 388 Å². The first-order valence-electron chi connectivity index (χ1n) is 15.2. The summed E-state index contributed by atoms with van der Waals surface area (Å²) in [5, 5.41) is 18.6. The number of nitrogens with zero attached hydrogens (tertiary/aromatic N) is 3. The van der Waals surface area contributed by atoms with E-state index in [1.807, 2.05) is 27.7 Å². The molecule has 0 atom stereocenters. The molecule has 0 unspecified atom stereocenters. The summed E-state index contributed by atoms with van der Waals surface area (Å²) in [4.78, 5) is 11.2. The maximum Gasteiger partial charge on any atom is 1.00 e. The van der Waals surface area contributed by atoms with Gasteiger partial charge in [-0.2, -0.15) is 54.1 Å². The second-order valence-electron chi connectivity index (χ2n) is 12.6. The number of halogens is 11. The van der Waals surface area contributed by atoms with Crippen LogP contribution in [0.5, 0.6) is 0 Å². The molecule has 4 heterocycles. The molecule has 0 bridgehead atoms. The van der Waals surface area contributed by atoms with Gasteiger partial charge in [0.1, 0.15) is 6.54 Å². The molecular formula is C27H41B2F11K2N4O7. The SMILES string of the molecule is CC1(C)OB(c2cn[nH]c2)OC1(C)C.CC1(C)OB(c2cnn(CC(F)(F)C(F)(F)F)c2)OC1(C)C.CCC(F)(F)C(F)(F)F.O=CO[O-].[2H]CF.[H-].[K+].[K+]. The molecule has 0 saturated carbocycles. The number of nitrogens with one attached hydrogen (secondary N) is 1. The predicted octanol–water partition coefficient (Wildman–Crippen LogP) is -1.18. The molecule has 2 aliphatic rings. The molecule has 2 saturated heterocycles. The molecule has 2 fully saturated rings. The van der Waals surface area contributed by atoms with E-state index in [9.17, 15) is 48.3 Å². The van der Waals surface area contributed by atoms with Crippen molar-refractivity contribution in [1.82, 2.24) is 20.0 Å². The monoisotopic (exact) mass is 843 g/mol. The zero-order valence-corrected chi connectivity index (χ0v) is 37.3. The summed E-state index contributed by atoms with van der Waals surface area (Å²) in [7, 11) is -2.17. The van der Waals surface area contributed by atoms with Crippen LogP contribution in [0.1, 0.15) is 71.5 Å². The molecule has 0 aromatic carbocycles. The smallest absolute Gasteiger partial charge is 1.00 e. The van der Waals surface area contributed by atoms with E-state index in [0.29, 0.717) is 4.68 Å². The van der Waals surface area contributed by atoms with Crippen molar-refractivity contribution < 1.29 is 187 Å². The summed E-state index contributed by atoms with van der Waals surface area (Å²) in [6, 6.07) is 0. The van der Waals surface area contributed by atoms with Crippen molar-refractivity contribution in [3.05, 3.63) is 24.8 Å². The second kappa shape index (κ2) is 22.5. The van der Waals surface area contributed by atoms with Gasteiger partial charge in [-0.1, -0.05) is 6.92 Å². The fourth-order valence-corrected chi connectivity index (χ4v) is 3.43. The van der Waals surface area contributed by atoms with Crippen LogP contribution >= 0.6 is 0 Å². The Bertz CT molecular complexity index is 1330. The number of aromatic nitrogens is 4. The van der Waals surface area contributed by atoms with Crippen molar-refractivity contribution in [2.45, 2.75) is 122 Å². The Balaban J connectivity index is -0.000000340. The molecule has 0 spiro atoms. The molecule has 0 radical (unpaired) electrons. The summed E-state index contributed by atoms with van der Waals surface area (Å²) in [6.45, 7) is 14.4. The molecule has 2 aromatic heterocycles. The average molecular weight is 843 g/mol. The third-order valence-corrected chi connectivity index (χ3v) is 7.90. The van der Waals surface area contributed by atoms with E-state index in [2.05, 4.69) is 20.2 Å². The minimum Gasteiger partial charge on any atom is -1.00 e. The van der Waals surface area contributed by atoms with Gasteiger partial charge in [0.2, 0.25) is 0 Å². The largest absolute Gasteiger partial charge is 1.00 e. The van der Waals surface area contributed by atoms with E-state index in [1.54, 1.807) is 40.1 Å². The van der Waals surface area contributed by atoms with Gasteiger partial charge >= 0.3 is 141 Å². The molecule has 2 aromatic rings. The molecule has 296 valence electrons. The molecule has 0 aliphatic carbocycles. The standard InChI is InChI=1S/C12H16BF5N2O2.C9H15BN2O2.C4H5F5.CH3F.CH2O3.2K.H/c1-9(2)10(3,4)22-13(21-9)8-5-19-20(6-8)7-11(14,15)12(16,17)18;1-8(2)9(3,4)14-10(13-8)7-5-11-12-6-7;1-2-3(5,6)4(7,8)9;1-2;2-1-4-3;;;/h5-6H,7H2,1-4H3;5-6H,1-4H3,(H,11,12);2H2,1H3;1H3;1,3H;;;/q;;;;;2*+1;-1/p-1/i;;;1D;;;;. The van der Waals surface area contributed by atoms with Crippen molar-refractivity contribution in [1.29, 1.82) is 0 Å². The zero-order valence-electron chi connectivity index (χ0n) is 33.0. The van der Waals surface area contributed by atoms with E-state index in [-0.39, 0.29) is 134 Å². The van der Waals surface area contributed by atoms with Crippen LogP contribution in [0.15, 0.2) is 24.8 Å². The summed E-state index contributed by atoms with van der Waals surface area (Å²) < 4.78 is 158. The number of hydrogen-bond donors (Lipinski definition) is 1. The Morgan fingerprint density at radius 2 is 1.19 bits per heavy atom. The van der Waals surface area contributed by atoms with E-state index < -0.39 is 62.6 Å². The normalized spacial score (nSPS) is 18.4. The quantitative estimate of drug-likeness (QED) is 0.126. The van der Waals surface area contributed by atoms with Gasteiger partial charge in [0.15, 0.2) is 0 Å². The van der Waals surface area contributed by atoms with Crippen LogP contribution in [0.3, 0.4) is 0 Å². The van der Waals surface area contributed by atoms with Crippen molar-refractivity contribution in [3.63, 3.8) is 0 Å². The van der Waals surface area contributed by atoms with Gasteiger partial charge in [0, 0.05) is 42.1 Å². The van der Waals surface area contributed by atoms with Gasteiger partial charge in [0.25, 0.3) is 6.47 Å². The van der Waals surface area contributed by atoms with Crippen LogP contribution in [0, 0.1) is 0 Å². The van der Waals surface area contributed by atoms with E-state index in [0.717, 1.165) is 24.8 Å². The number of rotatable bonds is 6. The number of carbonyl (C=O) groups is 1. The maximum atomic E-state index is 13.0. The number of H-pyrrole nitrogens is 1. The first-order valence-corrected chi connectivity index (χ1v) is 14.5. The number of carbonyl (C=O) groups excluding carboxylic acids is 1. The topological polar surface area (TPSA) is 133 Å². The molecule has 0 amide bonds. The van der Waals surface area contributed by atoms with Crippen LogP contribution in [-0.2, 0) is 34.8 Å². The van der Waals surface area contributed by atoms with Crippen LogP contribution in [-0.4, -0.2) is 94.4 Å². The molecule has 1 N–H and O–H groups in total. The Morgan fingerprint density at radius 1 is 0.830 bits per heavy atom. The summed E-state index contributed by atoms with van der Waals surface area (Å²) in [6.07, 6.45) is -6.46. The van der Waals surface area contributed by atoms with Gasteiger partial charge in [-0.05, 0) is 55.4 Å². The van der Waals surface area contributed by atoms with Crippen LogP contribution < -0.4 is 119 Å². The van der Waals surface area contributed by atoms with Crippen LogP contribution in [0.4, 0.5) is 48.3 Å². The van der Waals surface area contributed by atoms with Crippen LogP contribution in [0.2, 0.25) is 0 Å². The van der Waals surface area contributed by atoms with Crippen molar-refractivity contribution in [2.24, 2.45) is 0 Å².